The zero-order chi connectivity index (χ0) is 15.6. The summed E-state index contributed by atoms with van der Waals surface area (Å²) in [4.78, 5) is 4.80. The summed E-state index contributed by atoms with van der Waals surface area (Å²) in [6, 6.07) is 17.2. The highest BCUT2D eigenvalue weighted by Gasteiger charge is 2.13. The predicted octanol–water partition coefficient (Wildman–Crippen LogP) is 5.20. The first-order valence-corrected chi connectivity index (χ1v) is 8.23. The molecule has 0 N–H and O–H groups in total. The molecule has 2 heterocycles. The van der Waals surface area contributed by atoms with Crippen molar-refractivity contribution in [2.45, 2.75) is 25.8 Å². The third kappa shape index (κ3) is 2.72. The number of hydrogen-bond donors (Lipinski definition) is 0. The summed E-state index contributed by atoms with van der Waals surface area (Å²) in [6.07, 6.45) is 7.70. The van der Waals surface area contributed by atoms with Gasteiger partial charge < -0.3 is 4.57 Å². The van der Waals surface area contributed by atoms with E-state index in [0.29, 0.717) is 0 Å². The Morgan fingerprint density at radius 2 is 1.52 bits per heavy atom. The van der Waals surface area contributed by atoms with Crippen LogP contribution in [0.25, 0.3) is 28.5 Å². The largest absolute Gasteiger partial charge is 0.334 e. The second kappa shape index (κ2) is 5.88. The Hall–Kier alpha value is -2.61. The monoisotopic (exact) mass is 300 g/mol. The van der Waals surface area contributed by atoms with E-state index in [2.05, 4.69) is 65.9 Å². The summed E-state index contributed by atoms with van der Waals surface area (Å²) in [7, 11) is 0. The SMILES string of the molecule is C=Cc1ccc(-c2ccc(-c3cn4c(n3)CCCC4)cc2)cc1. The van der Waals surface area contributed by atoms with Gasteiger partial charge >= 0.3 is 0 Å². The average molecular weight is 300 g/mol. The van der Waals surface area contributed by atoms with Gasteiger partial charge in [0.05, 0.1) is 5.69 Å². The standard InChI is InChI=1S/C21H20N2/c1-2-16-6-8-17(9-7-16)18-10-12-19(13-11-18)20-15-23-14-4-3-5-21(23)22-20/h2,6-13,15H,1,3-5,14H2. The molecule has 2 nitrogen and oxygen atoms in total. The van der Waals surface area contributed by atoms with Gasteiger partial charge in [0.2, 0.25) is 0 Å². The lowest BCUT2D eigenvalue weighted by molar-refractivity contribution is 0.522. The Morgan fingerprint density at radius 1 is 0.870 bits per heavy atom. The van der Waals surface area contributed by atoms with Gasteiger partial charge in [-0.05, 0) is 29.5 Å². The number of hydrogen-bond acceptors (Lipinski definition) is 1. The molecule has 23 heavy (non-hydrogen) atoms. The fourth-order valence-corrected chi connectivity index (χ4v) is 3.20. The molecule has 114 valence electrons. The van der Waals surface area contributed by atoms with E-state index >= 15 is 0 Å². The van der Waals surface area contributed by atoms with Gasteiger partial charge in [0.15, 0.2) is 0 Å². The first-order valence-electron chi connectivity index (χ1n) is 8.23. The average Bonchev–Trinajstić information content (AvgIpc) is 3.06. The van der Waals surface area contributed by atoms with Crippen LogP contribution in [0.5, 0.6) is 0 Å². The van der Waals surface area contributed by atoms with Crippen molar-refractivity contribution >= 4 is 6.08 Å². The van der Waals surface area contributed by atoms with Crippen LogP contribution in [0.15, 0.2) is 61.3 Å². The van der Waals surface area contributed by atoms with E-state index < -0.39 is 0 Å². The zero-order valence-corrected chi connectivity index (χ0v) is 13.2. The minimum Gasteiger partial charge on any atom is -0.334 e. The maximum absolute atomic E-state index is 4.80. The molecule has 3 aromatic rings. The maximum atomic E-state index is 4.80. The van der Waals surface area contributed by atoms with Gasteiger partial charge in [-0.15, -0.1) is 0 Å². The van der Waals surface area contributed by atoms with Crippen molar-refractivity contribution in [2.24, 2.45) is 0 Å². The normalized spacial score (nSPS) is 13.6. The highest BCUT2D eigenvalue weighted by Crippen LogP contribution is 2.26. The molecule has 1 aromatic heterocycles. The van der Waals surface area contributed by atoms with Crippen LogP contribution in [0.3, 0.4) is 0 Å². The van der Waals surface area contributed by atoms with Gasteiger partial charge in [-0.1, -0.05) is 61.2 Å². The zero-order valence-electron chi connectivity index (χ0n) is 13.2. The quantitative estimate of drug-likeness (QED) is 0.650. The van der Waals surface area contributed by atoms with E-state index in [-0.39, 0.29) is 0 Å². The van der Waals surface area contributed by atoms with E-state index in [1.807, 2.05) is 6.08 Å². The molecule has 0 bridgehead atoms. The van der Waals surface area contributed by atoms with Crippen LogP contribution in [0, 0.1) is 0 Å². The number of aromatic nitrogens is 2. The molecule has 0 fully saturated rings. The van der Waals surface area contributed by atoms with E-state index in [1.54, 1.807) is 0 Å². The molecule has 0 saturated carbocycles. The molecule has 1 aliphatic heterocycles. The molecule has 4 rings (SSSR count). The summed E-state index contributed by atoms with van der Waals surface area (Å²) in [5.74, 6) is 1.23. The smallest absolute Gasteiger partial charge is 0.109 e. The Kier molecular flexibility index (Phi) is 3.58. The molecule has 0 aliphatic carbocycles. The van der Waals surface area contributed by atoms with Crippen molar-refractivity contribution in [2.75, 3.05) is 0 Å². The van der Waals surface area contributed by atoms with Crippen LogP contribution in [0.4, 0.5) is 0 Å². The van der Waals surface area contributed by atoms with Crippen LogP contribution in [0.1, 0.15) is 24.2 Å². The van der Waals surface area contributed by atoms with Crippen molar-refractivity contribution < 1.29 is 0 Å². The predicted molar refractivity (Wildman–Crippen MR) is 96.1 cm³/mol. The van der Waals surface area contributed by atoms with Crippen LogP contribution in [0.2, 0.25) is 0 Å². The first-order chi connectivity index (χ1) is 11.3. The molecule has 2 heteroatoms. The lowest BCUT2D eigenvalue weighted by Gasteiger charge is -2.11. The minimum atomic E-state index is 1.09. The van der Waals surface area contributed by atoms with Crippen LogP contribution < -0.4 is 0 Å². The highest BCUT2D eigenvalue weighted by atomic mass is 15.1. The Morgan fingerprint density at radius 3 is 2.17 bits per heavy atom. The van der Waals surface area contributed by atoms with Crippen LogP contribution in [-0.2, 0) is 13.0 Å². The van der Waals surface area contributed by atoms with Gasteiger partial charge in [-0.2, -0.15) is 0 Å². The molecular formula is C21H20N2. The summed E-state index contributed by atoms with van der Waals surface area (Å²) in [5, 5.41) is 0. The molecule has 0 radical (unpaired) electrons. The third-order valence-corrected chi connectivity index (χ3v) is 4.57. The molecule has 0 atom stereocenters. The van der Waals surface area contributed by atoms with E-state index in [1.165, 1.54) is 35.4 Å². The Labute approximate surface area is 137 Å². The molecular weight excluding hydrogens is 280 g/mol. The summed E-state index contributed by atoms with van der Waals surface area (Å²) < 4.78 is 2.31. The Balaban J connectivity index is 1.62. The number of imidazole rings is 1. The fourth-order valence-electron chi connectivity index (χ4n) is 3.20. The van der Waals surface area contributed by atoms with Crippen molar-refractivity contribution in [3.05, 3.63) is 72.7 Å². The molecule has 0 unspecified atom stereocenters. The van der Waals surface area contributed by atoms with Crippen LogP contribution >= 0.6 is 0 Å². The van der Waals surface area contributed by atoms with Gasteiger partial charge in [0, 0.05) is 24.7 Å². The minimum absolute atomic E-state index is 1.09. The van der Waals surface area contributed by atoms with E-state index in [0.717, 1.165) is 24.2 Å². The van der Waals surface area contributed by atoms with Gasteiger partial charge in [-0.3, -0.25) is 0 Å². The number of fused-ring (bicyclic) bond motifs is 1. The third-order valence-electron chi connectivity index (χ3n) is 4.57. The van der Waals surface area contributed by atoms with Gasteiger partial charge in [0.1, 0.15) is 5.82 Å². The second-order valence-corrected chi connectivity index (χ2v) is 6.10. The molecule has 2 aromatic carbocycles. The molecule has 0 amide bonds. The lowest BCUT2D eigenvalue weighted by atomic mass is 10.0. The van der Waals surface area contributed by atoms with Gasteiger partial charge in [0.25, 0.3) is 0 Å². The number of aryl methyl sites for hydroxylation is 2. The van der Waals surface area contributed by atoms with Crippen molar-refractivity contribution in [3.63, 3.8) is 0 Å². The maximum Gasteiger partial charge on any atom is 0.109 e. The van der Waals surface area contributed by atoms with Crippen LogP contribution in [-0.4, -0.2) is 9.55 Å². The molecule has 0 spiro atoms. The molecule has 1 aliphatic rings. The number of nitrogens with zero attached hydrogens (tertiary/aromatic N) is 2. The second-order valence-electron chi connectivity index (χ2n) is 6.10. The summed E-state index contributed by atoms with van der Waals surface area (Å²) >= 11 is 0. The topological polar surface area (TPSA) is 17.8 Å². The Bertz CT molecular complexity index is 800. The lowest BCUT2D eigenvalue weighted by Crippen LogP contribution is -2.08. The molecule has 0 saturated heterocycles. The van der Waals surface area contributed by atoms with E-state index in [4.69, 9.17) is 4.98 Å². The van der Waals surface area contributed by atoms with Crippen molar-refractivity contribution in [1.29, 1.82) is 0 Å². The highest BCUT2D eigenvalue weighted by molar-refractivity contribution is 5.69. The van der Waals surface area contributed by atoms with E-state index in [9.17, 15) is 0 Å². The number of benzene rings is 2. The summed E-state index contributed by atoms with van der Waals surface area (Å²) in [5.41, 5.74) is 5.89. The van der Waals surface area contributed by atoms with Crippen molar-refractivity contribution in [1.82, 2.24) is 9.55 Å². The first kappa shape index (κ1) is 14.0. The fraction of sp³-hybridized carbons (Fsp3) is 0.190. The van der Waals surface area contributed by atoms with Crippen molar-refractivity contribution in [3.8, 4) is 22.4 Å². The summed E-state index contributed by atoms with van der Waals surface area (Å²) in [6.45, 7) is 4.90. The van der Waals surface area contributed by atoms with Gasteiger partial charge in [-0.25, -0.2) is 4.98 Å². The number of rotatable bonds is 3.